The second kappa shape index (κ2) is 4.54. The first-order valence-corrected chi connectivity index (χ1v) is 4.73. The summed E-state index contributed by atoms with van der Waals surface area (Å²) in [6.45, 7) is 3.60. The molecule has 1 fully saturated rings. The number of ether oxygens (including phenoxy) is 2. The van der Waals surface area contributed by atoms with E-state index in [1.165, 1.54) is 0 Å². The maximum Gasteiger partial charge on any atom is 0.163 e. The third-order valence-electron chi connectivity index (χ3n) is 2.10. The highest BCUT2D eigenvalue weighted by molar-refractivity contribution is 5.50. The fraction of sp³-hybridized carbons (Fsp3) is 0.800. The van der Waals surface area contributed by atoms with Crippen LogP contribution in [0.5, 0.6) is 0 Å². The molecule has 0 amide bonds. The van der Waals surface area contributed by atoms with E-state index >= 15 is 0 Å². The van der Waals surface area contributed by atoms with Gasteiger partial charge in [-0.3, -0.25) is 0 Å². The largest absolute Gasteiger partial charge is 0.347 e. The van der Waals surface area contributed by atoms with Crippen molar-refractivity contribution in [1.82, 2.24) is 0 Å². The van der Waals surface area contributed by atoms with E-state index in [2.05, 4.69) is 6.07 Å². The molecule has 1 rings (SSSR count). The average Bonchev–Trinajstić information content (AvgIpc) is 2.01. The van der Waals surface area contributed by atoms with Crippen molar-refractivity contribution in [2.75, 3.05) is 0 Å². The minimum atomic E-state index is -0.687. The van der Waals surface area contributed by atoms with Gasteiger partial charge in [0.05, 0.1) is 24.7 Å². The molecule has 0 N–H and O–H groups in total. The van der Waals surface area contributed by atoms with Gasteiger partial charge < -0.3 is 14.3 Å². The SMILES string of the molecule is CC1(C)O[C@@H](CC#N)C[C@H](CC=O)O1. The summed E-state index contributed by atoms with van der Waals surface area (Å²) in [5, 5.41) is 8.56. The van der Waals surface area contributed by atoms with Crippen molar-refractivity contribution < 1.29 is 14.3 Å². The Balaban J connectivity index is 2.57. The summed E-state index contributed by atoms with van der Waals surface area (Å²) in [5.74, 6) is -0.687. The van der Waals surface area contributed by atoms with Crippen LogP contribution in [0.1, 0.15) is 33.1 Å². The Morgan fingerprint density at radius 3 is 2.71 bits per heavy atom. The number of nitriles is 1. The molecular weight excluding hydrogens is 182 g/mol. The van der Waals surface area contributed by atoms with Gasteiger partial charge in [0.15, 0.2) is 5.79 Å². The zero-order valence-corrected chi connectivity index (χ0v) is 8.53. The highest BCUT2D eigenvalue weighted by Crippen LogP contribution is 2.28. The van der Waals surface area contributed by atoms with Gasteiger partial charge in [0, 0.05) is 12.8 Å². The average molecular weight is 197 g/mol. The molecule has 1 heterocycles. The Morgan fingerprint density at radius 1 is 1.50 bits per heavy atom. The molecule has 4 nitrogen and oxygen atoms in total. The van der Waals surface area contributed by atoms with Crippen molar-refractivity contribution in [3.8, 4) is 6.07 Å². The molecule has 2 atom stereocenters. The maximum atomic E-state index is 10.4. The zero-order valence-electron chi connectivity index (χ0n) is 8.53. The highest BCUT2D eigenvalue weighted by Gasteiger charge is 2.34. The van der Waals surface area contributed by atoms with Gasteiger partial charge in [0.1, 0.15) is 6.29 Å². The van der Waals surface area contributed by atoms with Crippen molar-refractivity contribution in [3.63, 3.8) is 0 Å². The van der Waals surface area contributed by atoms with Crippen LogP contribution in [0.25, 0.3) is 0 Å². The van der Waals surface area contributed by atoms with Gasteiger partial charge in [-0.25, -0.2) is 0 Å². The van der Waals surface area contributed by atoms with Crippen LogP contribution in [-0.4, -0.2) is 24.3 Å². The van der Waals surface area contributed by atoms with Crippen LogP contribution in [0.15, 0.2) is 0 Å². The van der Waals surface area contributed by atoms with Gasteiger partial charge in [-0.2, -0.15) is 5.26 Å². The number of nitrogens with zero attached hydrogens (tertiary/aromatic N) is 1. The normalized spacial score (nSPS) is 30.6. The Morgan fingerprint density at radius 2 is 2.14 bits per heavy atom. The molecule has 1 saturated heterocycles. The molecule has 0 radical (unpaired) electrons. The van der Waals surface area contributed by atoms with Crippen LogP contribution in [0, 0.1) is 11.3 Å². The maximum absolute atomic E-state index is 10.4. The second-order valence-corrected chi connectivity index (χ2v) is 3.88. The van der Waals surface area contributed by atoms with E-state index in [1.54, 1.807) is 13.8 Å². The van der Waals surface area contributed by atoms with Gasteiger partial charge >= 0.3 is 0 Å². The topological polar surface area (TPSA) is 59.3 Å². The van der Waals surface area contributed by atoms with Crippen molar-refractivity contribution >= 4 is 6.29 Å². The van der Waals surface area contributed by atoms with Crippen molar-refractivity contribution in [3.05, 3.63) is 0 Å². The fourth-order valence-electron chi connectivity index (χ4n) is 1.70. The first-order valence-electron chi connectivity index (χ1n) is 4.73. The quantitative estimate of drug-likeness (QED) is 0.641. The molecule has 0 saturated carbocycles. The Bertz CT molecular complexity index is 244. The molecule has 0 spiro atoms. The van der Waals surface area contributed by atoms with Crippen LogP contribution in [0.4, 0.5) is 0 Å². The molecule has 0 unspecified atom stereocenters. The molecule has 0 aromatic carbocycles. The number of carbonyl (C=O) groups excluding carboxylic acids is 1. The number of carbonyl (C=O) groups is 1. The summed E-state index contributed by atoms with van der Waals surface area (Å²) in [5.41, 5.74) is 0. The predicted molar refractivity (Wildman–Crippen MR) is 49.4 cm³/mol. The van der Waals surface area contributed by atoms with E-state index in [0.29, 0.717) is 19.3 Å². The smallest absolute Gasteiger partial charge is 0.163 e. The van der Waals surface area contributed by atoms with Crippen molar-refractivity contribution in [1.29, 1.82) is 5.26 Å². The summed E-state index contributed by atoms with van der Waals surface area (Å²) in [6.07, 6.45) is 1.95. The van der Waals surface area contributed by atoms with E-state index in [-0.39, 0.29) is 12.2 Å². The lowest BCUT2D eigenvalue weighted by molar-refractivity contribution is -0.297. The van der Waals surface area contributed by atoms with Crippen LogP contribution in [-0.2, 0) is 14.3 Å². The monoisotopic (exact) mass is 197 g/mol. The standard InChI is InChI=1S/C10H15NO3/c1-10(2)13-8(3-5-11)7-9(14-10)4-6-12/h6,8-9H,3-4,7H2,1-2H3/t8-,9-/m0/s1. The van der Waals surface area contributed by atoms with E-state index in [4.69, 9.17) is 14.7 Å². The van der Waals surface area contributed by atoms with Gasteiger partial charge in [-0.15, -0.1) is 0 Å². The lowest BCUT2D eigenvalue weighted by Crippen LogP contribution is -2.44. The van der Waals surface area contributed by atoms with Gasteiger partial charge in [-0.05, 0) is 13.8 Å². The Hall–Kier alpha value is -0.920. The third-order valence-corrected chi connectivity index (χ3v) is 2.10. The van der Waals surface area contributed by atoms with Crippen LogP contribution in [0.2, 0.25) is 0 Å². The number of aldehydes is 1. The summed E-state index contributed by atoms with van der Waals surface area (Å²) in [7, 11) is 0. The zero-order chi connectivity index (χ0) is 10.6. The van der Waals surface area contributed by atoms with Crippen molar-refractivity contribution in [2.24, 2.45) is 0 Å². The minimum absolute atomic E-state index is 0.116. The number of rotatable bonds is 3. The fourth-order valence-corrected chi connectivity index (χ4v) is 1.70. The van der Waals surface area contributed by atoms with E-state index in [1.807, 2.05) is 0 Å². The van der Waals surface area contributed by atoms with Crippen LogP contribution in [0.3, 0.4) is 0 Å². The molecule has 1 aliphatic rings. The highest BCUT2D eigenvalue weighted by atomic mass is 16.7. The predicted octanol–water partition coefficient (Wildman–Crippen LogP) is 1.40. The first-order chi connectivity index (χ1) is 6.57. The first kappa shape index (κ1) is 11.2. The van der Waals surface area contributed by atoms with Crippen molar-refractivity contribution in [2.45, 2.75) is 51.1 Å². The molecule has 0 aromatic rings. The number of hydrogen-bond acceptors (Lipinski definition) is 4. The Kier molecular flexibility index (Phi) is 3.62. The van der Waals surface area contributed by atoms with Gasteiger partial charge in [0.25, 0.3) is 0 Å². The molecule has 0 bridgehead atoms. The van der Waals surface area contributed by atoms with Crippen LogP contribution >= 0.6 is 0 Å². The molecule has 0 aromatic heterocycles. The summed E-state index contributed by atoms with van der Waals surface area (Å²) in [4.78, 5) is 10.4. The van der Waals surface area contributed by atoms with Crippen LogP contribution < -0.4 is 0 Å². The molecule has 78 valence electrons. The third kappa shape index (κ3) is 3.09. The number of hydrogen-bond donors (Lipinski definition) is 0. The Labute approximate surface area is 83.8 Å². The molecule has 0 aliphatic carbocycles. The van der Waals surface area contributed by atoms with E-state index in [0.717, 1.165) is 6.29 Å². The second-order valence-electron chi connectivity index (χ2n) is 3.88. The molecular formula is C10H15NO3. The summed E-state index contributed by atoms with van der Waals surface area (Å²) in [6, 6.07) is 2.07. The van der Waals surface area contributed by atoms with Gasteiger partial charge in [-0.1, -0.05) is 0 Å². The van der Waals surface area contributed by atoms with E-state index < -0.39 is 5.79 Å². The molecule has 4 heteroatoms. The minimum Gasteiger partial charge on any atom is -0.347 e. The lowest BCUT2D eigenvalue weighted by atomic mass is 10.0. The summed E-state index contributed by atoms with van der Waals surface area (Å²) < 4.78 is 11.1. The molecule has 14 heavy (non-hydrogen) atoms. The summed E-state index contributed by atoms with van der Waals surface area (Å²) >= 11 is 0. The van der Waals surface area contributed by atoms with E-state index in [9.17, 15) is 4.79 Å². The molecule has 1 aliphatic heterocycles. The lowest BCUT2D eigenvalue weighted by Gasteiger charge is -2.39. The van der Waals surface area contributed by atoms with Gasteiger partial charge in [0.2, 0.25) is 0 Å².